The van der Waals surface area contributed by atoms with Crippen molar-refractivity contribution >= 4 is 129 Å². The molecule has 0 amide bonds. The lowest BCUT2D eigenvalue weighted by molar-refractivity contribution is 1.62. The first-order valence-corrected chi connectivity index (χ1v) is 14.7. The van der Waals surface area contributed by atoms with Crippen molar-refractivity contribution in [2.75, 3.05) is 0 Å². The average Bonchev–Trinajstić information content (AvgIpc) is 2.51. The van der Waals surface area contributed by atoms with E-state index in [4.69, 9.17) is 11.8 Å². The highest BCUT2D eigenvalue weighted by atomic mass is 79.9. The average molecular weight is 768 g/mol. The molecule has 0 aliphatic carbocycles. The lowest BCUT2D eigenvalue weighted by Crippen LogP contribution is -2.25. The van der Waals surface area contributed by atoms with E-state index in [0.29, 0.717) is 0 Å². The van der Waals surface area contributed by atoms with E-state index in [2.05, 4.69) is 132 Å². The number of benzene rings is 3. The molecule has 0 aliphatic heterocycles. The molecule has 3 rings (SSSR count). The van der Waals surface area contributed by atoms with Gasteiger partial charge in [0.15, 0.2) is 0 Å². The summed E-state index contributed by atoms with van der Waals surface area (Å²) in [7, 11) is 0. The van der Waals surface area contributed by atoms with Crippen LogP contribution in [-0.4, -0.2) is 0 Å². The second-order valence-electron chi connectivity index (χ2n) is 5.49. The third kappa shape index (κ3) is 4.84. The molecule has 134 valence electrons. The van der Waals surface area contributed by atoms with Gasteiger partial charge >= 0.3 is 0 Å². The van der Waals surface area contributed by atoms with Crippen molar-refractivity contribution in [1.82, 2.24) is 0 Å². The van der Waals surface area contributed by atoms with Crippen molar-refractivity contribution in [2.24, 2.45) is 0 Å². The Bertz CT molecular complexity index is 857. The van der Waals surface area contributed by atoms with Crippen LogP contribution in [0.15, 0.2) is 81.4 Å². The van der Waals surface area contributed by atoms with Crippen molar-refractivity contribution in [3.05, 3.63) is 81.4 Å². The van der Waals surface area contributed by atoms with Gasteiger partial charge in [-0.25, -0.2) is 0 Å². The van der Waals surface area contributed by atoms with E-state index in [1.807, 2.05) is 18.2 Å². The van der Waals surface area contributed by atoms with Crippen molar-refractivity contribution in [2.45, 2.75) is 0 Å². The normalized spacial score (nSPS) is 11.6. The van der Waals surface area contributed by atoms with Crippen LogP contribution in [-0.2, 0) is 11.8 Å². The molecule has 26 heavy (non-hydrogen) atoms. The zero-order valence-electron chi connectivity index (χ0n) is 12.8. The monoisotopic (exact) mass is 762 g/mol. The second-order valence-corrected chi connectivity index (χ2v) is 15.4. The van der Waals surface area contributed by atoms with E-state index in [0.717, 1.165) is 42.7 Å². The molecule has 0 saturated carbocycles. The summed E-state index contributed by atoms with van der Waals surface area (Å²) in [6, 6.07) is 16.5. The fourth-order valence-electron chi connectivity index (χ4n) is 2.61. The van der Waals surface area contributed by atoms with Crippen LogP contribution >= 0.6 is 102 Å². The van der Waals surface area contributed by atoms with E-state index in [9.17, 15) is 0 Å². The molecule has 0 N–H and O–H groups in total. The van der Waals surface area contributed by atoms with E-state index >= 15 is 0 Å². The Hall–Kier alpha value is 1.19. The number of hydrogen-bond donors (Lipinski definition) is 0. The van der Waals surface area contributed by atoms with Gasteiger partial charge in [0.1, 0.15) is 0 Å². The molecule has 0 spiro atoms. The first-order valence-electron chi connectivity index (χ1n) is 7.18. The molecular formula is C18H9Br6PS. The topological polar surface area (TPSA) is 0 Å². The summed E-state index contributed by atoms with van der Waals surface area (Å²) in [6.45, 7) is 0. The molecule has 3 aromatic carbocycles. The molecule has 0 aliphatic rings. The second kappa shape index (κ2) is 8.91. The van der Waals surface area contributed by atoms with Gasteiger partial charge in [-0.2, -0.15) is 0 Å². The van der Waals surface area contributed by atoms with E-state index in [-0.39, 0.29) is 0 Å². The minimum Gasteiger partial charge on any atom is -0.0826 e. The molecular weight excluding hydrogens is 759 g/mol. The smallest absolute Gasteiger partial charge is 0.0381 e. The van der Waals surface area contributed by atoms with Gasteiger partial charge in [0.25, 0.3) is 0 Å². The summed E-state index contributed by atoms with van der Waals surface area (Å²) in [5, 5.41) is 3.34. The van der Waals surface area contributed by atoms with Gasteiger partial charge in [-0.3, -0.25) is 0 Å². The van der Waals surface area contributed by atoms with Crippen LogP contribution < -0.4 is 15.9 Å². The van der Waals surface area contributed by atoms with Crippen molar-refractivity contribution in [1.29, 1.82) is 0 Å². The first kappa shape index (κ1) is 21.9. The lowest BCUT2D eigenvalue weighted by Gasteiger charge is -2.25. The highest BCUT2D eigenvalue weighted by Gasteiger charge is 2.27. The molecule has 0 heterocycles. The summed E-state index contributed by atoms with van der Waals surface area (Å²) >= 11 is 28.1. The minimum atomic E-state index is -2.28. The van der Waals surface area contributed by atoms with Crippen LogP contribution in [0.25, 0.3) is 0 Å². The van der Waals surface area contributed by atoms with Crippen LogP contribution in [0.3, 0.4) is 0 Å². The predicted molar refractivity (Wildman–Crippen MR) is 139 cm³/mol. The molecule has 0 atom stereocenters. The van der Waals surface area contributed by atoms with Gasteiger partial charge in [0.05, 0.1) is 0 Å². The molecule has 3 aromatic rings. The summed E-state index contributed by atoms with van der Waals surface area (Å²) < 4.78 is 6.00. The molecule has 0 nitrogen and oxygen atoms in total. The fraction of sp³-hybridized carbons (Fsp3) is 0. The van der Waals surface area contributed by atoms with E-state index in [1.54, 1.807) is 0 Å². The molecule has 8 heteroatoms. The molecule has 0 radical (unpaired) electrons. The third-order valence-electron chi connectivity index (χ3n) is 3.63. The van der Waals surface area contributed by atoms with Crippen molar-refractivity contribution in [3.63, 3.8) is 0 Å². The standard InChI is InChI=1S/C18H9Br6PS/c19-10-1-11(20)5-16(4-10)25(26,17-6-12(21)2-13(22)7-17)18-8-14(23)3-15(24)9-18/h1-9H. The zero-order chi connectivity index (χ0) is 19.1. The third-order valence-corrected chi connectivity index (χ3v) is 11.2. The van der Waals surface area contributed by atoms with E-state index < -0.39 is 6.04 Å². The number of halogens is 6. The number of rotatable bonds is 3. The SMILES string of the molecule is S=P(c1cc(Br)cc(Br)c1)(c1cc(Br)cc(Br)c1)c1cc(Br)cc(Br)c1. The number of hydrogen-bond acceptors (Lipinski definition) is 1. The van der Waals surface area contributed by atoms with Gasteiger partial charge in [0, 0.05) is 32.9 Å². The summed E-state index contributed by atoms with van der Waals surface area (Å²) in [6.07, 6.45) is 0. The Morgan fingerprint density at radius 2 is 0.615 bits per heavy atom. The Morgan fingerprint density at radius 3 is 0.808 bits per heavy atom. The van der Waals surface area contributed by atoms with Gasteiger partial charge in [0.2, 0.25) is 0 Å². The van der Waals surface area contributed by atoms with Crippen LogP contribution in [0.2, 0.25) is 0 Å². The fourth-order valence-corrected chi connectivity index (χ4v) is 11.3. The lowest BCUT2D eigenvalue weighted by atomic mass is 10.3. The Morgan fingerprint density at radius 1 is 0.423 bits per heavy atom. The molecule has 0 fully saturated rings. The maximum absolute atomic E-state index is 6.45. The van der Waals surface area contributed by atoms with Crippen molar-refractivity contribution in [3.8, 4) is 0 Å². The Kier molecular flexibility index (Phi) is 7.50. The maximum Gasteiger partial charge on any atom is 0.0381 e. The summed E-state index contributed by atoms with van der Waals surface area (Å²) in [5.74, 6) is 0. The van der Waals surface area contributed by atoms with Crippen LogP contribution in [0, 0.1) is 0 Å². The molecule has 0 aromatic heterocycles. The maximum atomic E-state index is 6.45. The largest absolute Gasteiger partial charge is 0.0826 e. The molecule has 0 saturated heterocycles. The van der Waals surface area contributed by atoms with Crippen LogP contribution in [0.5, 0.6) is 0 Å². The highest BCUT2D eigenvalue weighted by molar-refractivity contribution is 9.11. The minimum absolute atomic E-state index is 0.999. The van der Waals surface area contributed by atoms with Gasteiger partial charge in [-0.15, -0.1) is 0 Å². The van der Waals surface area contributed by atoms with Crippen LogP contribution in [0.4, 0.5) is 0 Å². The van der Waals surface area contributed by atoms with Crippen molar-refractivity contribution < 1.29 is 0 Å². The predicted octanol–water partition coefficient (Wildman–Crippen LogP) is 8.02. The van der Waals surface area contributed by atoms with Gasteiger partial charge in [-0.1, -0.05) is 107 Å². The summed E-state index contributed by atoms with van der Waals surface area (Å²) in [5.41, 5.74) is 0. The molecule has 0 bridgehead atoms. The Labute approximate surface area is 208 Å². The molecule has 0 unspecified atom stereocenters. The van der Waals surface area contributed by atoms with Crippen LogP contribution in [0.1, 0.15) is 0 Å². The quantitative estimate of drug-likeness (QED) is 0.244. The van der Waals surface area contributed by atoms with E-state index in [1.165, 1.54) is 0 Å². The van der Waals surface area contributed by atoms with Gasteiger partial charge < -0.3 is 0 Å². The first-order chi connectivity index (χ1) is 12.2. The zero-order valence-corrected chi connectivity index (χ0v) is 24.0. The summed E-state index contributed by atoms with van der Waals surface area (Å²) in [4.78, 5) is 0. The van der Waals surface area contributed by atoms with Gasteiger partial charge in [-0.05, 0) is 70.5 Å². The highest BCUT2D eigenvalue weighted by Crippen LogP contribution is 2.46. The Balaban J connectivity index is 2.40.